The zero-order valence-electron chi connectivity index (χ0n) is 12.7. The van der Waals surface area contributed by atoms with E-state index in [0.717, 1.165) is 38.1 Å². The molecule has 1 aliphatic rings. The first-order chi connectivity index (χ1) is 8.48. The largest absolute Gasteiger partial charge is 0.381 e. The minimum absolute atomic E-state index is 0.155. The van der Waals surface area contributed by atoms with Crippen LogP contribution in [0.2, 0.25) is 0 Å². The third-order valence-corrected chi connectivity index (χ3v) is 4.49. The van der Waals surface area contributed by atoms with E-state index in [4.69, 9.17) is 10.5 Å². The van der Waals surface area contributed by atoms with Crippen molar-refractivity contribution in [2.45, 2.75) is 52.0 Å². The molecule has 1 fully saturated rings. The van der Waals surface area contributed by atoms with Gasteiger partial charge in [0.25, 0.3) is 0 Å². The lowest BCUT2D eigenvalue weighted by Crippen LogP contribution is -2.51. The molecule has 0 aromatic rings. The fourth-order valence-corrected chi connectivity index (χ4v) is 2.59. The Kier molecular flexibility index (Phi) is 6.61. The van der Waals surface area contributed by atoms with Gasteiger partial charge in [-0.2, -0.15) is 0 Å². The lowest BCUT2D eigenvalue weighted by molar-refractivity contribution is 0.0349. The molecule has 1 saturated heterocycles. The maximum atomic E-state index is 6.03. The van der Waals surface area contributed by atoms with Crippen LogP contribution < -0.4 is 5.73 Å². The van der Waals surface area contributed by atoms with E-state index < -0.39 is 0 Å². The van der Waals surface area contributed by atoms with Gasteiger partial charge in [-0.05, 0) is 51.5 Å². The third kappa shape index (κ3) is 4.87. The van der Waals surface area contributed by atoms with Gasteiger partial charge in [-0.15, -0.1) is 0 Å². The topological polar surface area (TPSA) is 38.5 Å². The average molecular weight is 256 g/mol. The summed E-state index contributed by atoms with van der Waals surface area (Å²) in [5, 5.41) is 0. The normalized spacial score (nSPS) is 21.5. The minimum Gasteiger partial charge on any atom is -0.381 e. The van der Waals surface area contributed by atoms with Crippen molar-refractivity contribution < 1.29 is 4.74 Å². The van der Waals surface area contributed by atoms with Crippen molar-refractivity contribution >= 4 is 0 Å². The second kappa shape index (κ2) is 7.46. The number of likely N-dealkylation sites (N-methyl/N-ethyl adjacent to an activating group) is 1. The van der Waals surface area contributed by atoms with E-state index in [9.17, 15) is 0 Å². The molecule has 1 rings (SSSR count). The molecule has 0 spiro atoms. The second-order valence-corrected chi connectivity index (χ2v) is 6.57. The molecular weight excluding hydrogens is 224 g/mol. The Morgan fingerprint density at radius 1 is 1.33 bits per heavy atom. The van der Waals surface area contributed by atoms with E-state index in [0.29, 0.717) is 0 Å². The van der Waals surface area contributed by atoms with Crippen LogP contribution in [0.1, 0.15) is 46.5 Å². The van der Waals surface area contributed by atoms with Crippen LogP contribution in [0.5, 0.6) is 0 Å². The van der Waals surface area contributed by atoms with Crippen molar-refractivity contribution in [2.75, 3.05) is 33.4 Å². The first-order valence-electron chi connectivity index (χ1n) is 7.47. The number of rotatable bonds is 7. The molecule has 0 bridgehead atoms. The van der Waals surface area contributed by atoms with E-state index in [1.165, 1.54) is 25.7 Å². The lowest BCUT2D eigenvalue weighted by Gasteiger charge is -2.41. The first-order valence-corrected chi connectivity index (χ1v) is 7.47. The van der Waals surface area contributed by atoms with Gasteiger partial charge in [-0.3, -0.25) is 4.90 Å². The van der Waals surface area contributed by atoms with Gasteiger partial charge in [-0.1, -0.05) is 13.8 Å². The molecule has 0 aromatic carbocycles. The van der Waals surface area contributed by atoms with E-state index in [2.05, 4.69) is 32.7 Å². The van der Waals surface area contributed by atoms with Crippen LogP contribution in [0.3, 0.4) is 0 Å². The molecule has 108 valence electrons. The highest BCUT2D eigenvalue weighted by Crippen LogP contribution is 2.25. The molecule has 1 unspecified atom stereocenters. The predicted octanol–water partition coefficient (Wildman–Crippen LogP) is 2.50. The van der Waals surface area contributed by atoms with Crippen LogP contribution in [0, 0.1) is 11.8 Å². The molecule has 0 aromatic heterocycles. The lowest BCUT2D eigenvalue weighted by atomic mass is 9.89. The van der Waals surface area contributed by atoms with Crippen LogP contribution in [-0.2, 0) is 4.74 Å². The van der Waals surface area contributed by atoms with Gasteiger partial charge in [0.15, 0.2) is 0 Å². The molecule has 3 nitrogen and oxygen atoms in total. The van der Waals surface area contributed by atoms with Crippen molar-refractivity contribution in [3.63, 3.8) is 0 Å². The number of ether oxygens (including phenoxy) is 1. The van der Waals surface area contributed by atoms with Crippen molar-refractivity contribution in [3.05, 3.63) is 0 Å². The Morgan fingerprint density at radius 2 is 1.94 bits per heavy atom. The molecule has 0 aliphatic carbocycles. The van der Waals surface area contributed by atoms with Gasteiger partial charge < -0.3 is 10.5 Å². The average Bonchev–Trinajstić information content (AvgIpc) is 2.37. The van der Waals surface area contributed by atoms with E-state index in [-0.39, 0.29) is 5.54 Å². The highest BCUT2D eigenvalue weighted by molar-refractivity contribution is 4.87. The molecule has 18 heavy (non-hydrogen) atoms. The predicted molar refractivity (Wildman–Crippen MR) is 77.7 cm³/mol. The summed E-state index contributed by atoms with van der Waals surface area (Å²) in [7, 11) is 2.24. The molecule has 2 N–H and O–H groups in total. The highest BCUT2D eigenvalue weighted by Gasteiger charge is 2.29. The number of nitrogens with two attached hydrogens (primary N) is 1. The van der Waals surface area contributed by atoms with Gasteiger partial charge in [0.1, 0.15) is 0 Å². The van der Waals surface area contributed by atoms with Crippen LogP contribution in [0.25, 0.3) is 0 Å². The summed E-state index contributed by atoms with van der Waals surface area (Å²) in [6, 6.07) is 0. The third-order valence-electron chi connectivity index (χ3n) is 4.49. The van der Waals surface area contributed by atoms with Gasteiger partial charge in [0.2, 0.25) is 0 Å². The molecule has 1 heterocycles. The molecule has 0 amide bonds. The Balaban J connectivity index is 2.45. The maximum Gasteiger partial charge on any atom is 0.0469 e. The van der Waals surface area contributed by atoms with Gasteiger partial charge >= 0.3 is 0 Å². The number of hydrogen-bond donors (Lipinski definition) is 1. The van der Waals surface area contributed by atoms with E-state index in [1.54, 1.807) is 0 Å². The summed E-state index contributed by atoms with van der Waals surface area (Å²) < 4.78 is 5.43. The first kappa shape index (κ1) is 15.9. The van der Waals surface area contributed by atoms with Crippen LogP contribution in [0.15, 0.2) is 0 Å². The Hall–Kier alpha value is -0.120. The second-order valence-electron chi connectivity index (χ2n) is 6.57. The molecule has 1 atom stereocenters. The summed E-state index contributed by atoms with van der Waals surface area (Å²) in [6.45, 7) is 10.7. The molecule has 0 saturated carbocycles. The Bertz CT molecular complexity index is 227. The highest BCUT2D eigenvalue weighted by atomic mass is 16.5. The van der Waals surface area contributed by atoms with E-state index in [1.807, 2.05) is 0 Å². The van der Waals surface area contributed by atoms with Crippen molar-refractivity contribution in [1.82, 2.24) is 4.90 Å². The smallest absolute Gasteiger partial charge is 0.0469 e. The molecule has 3 heteroatoms. The fraction of sp³-hybridized carbons (Fsp3) is 1.00. The van der Waals surface area contributed by atoms with Crippen molar-refractivity contribution in [2.24, 2.45) is 17.6 Å². The SMILES string of the molecule is CC(C)CCC(C)(CN)N(C)CC1CCOCC1. The molecule has 0 radical (unpaired) electrons. The summed E-state index contributed by atoms with van der Waals surface area (Å²) in [5.41, 5.74) is 6.19. The number of nitrogens with zero attached hydrogens (tertiary/aromatic N) is 1. The summed E-state index contributed by atoms with van der Waals surface area (Å²) in [4.78, 5) is 2.49. The van der Waals surface area contributed by atoms with E-state index >= 15 is 0 Å². The monoisotopic (exact) mass is 256 g/mol. The maximum absolute atomic E-state index is 6.03. The summed E-state index contributed by atoms with van der Waals surface area (Å²) in [5.74, 6) is 1.54. The van der Waals surface area contributed by atoms with Crippen LogP contribution in [0.4, 0.5) is 0 Å². The summed E-state index contributed by atoms with van der Waals surface area (Å²) in [6.07, 6.45) is 4.86. The zero-order chi connectivity index (χ0) is 13.6. The van der Waals surface area contributed by atoms with Crippen molar-refractivity contribution in [3.8, 4) is 0 Å². The van der Waals surface area contributed by atoms with Gasteiger partial charge in [0.05, 0.1) is 0 Å². The quantitative estimate of drug-likeness (QED) is 0.760. The van der Waals surface area contributed by atoms with Crippen LogP contribution in [-0.4, -0.2) is 43.8 Å². The van der Waals surface area contributed by atoms with Gasteiger partial charge in [-0.25, -0.2) is 0 Å². The molecular formula is C15H32N2O. The van der Waals surface area contributed by atoms with Gasteiger partial charge in [0, 0.05) is 31.8 Å². The fourth-order valence-electron chi connectivity index (χ4n) is 2.59. The molecule has 1 aliphatic heterocycles. The zero-order valence-corrected chi connectivity index (χ0v) is 12.7. The minimum atomic E-state index is 0.155. The Labute approximate surface area is 113 Å². The standard InChI is InChI=1S/C15H32N2O/c1-13(2)5-8-15(3,12-16)17(4)11-14-6-9-18-10-7-14/h13-14H,5-12,16H2,1-4H3. The van der Waals surface area contributed by atoms with Crippen molar-refractivity contribution in [1.29, 1.82) is 0 Å². The van der Waals surface area contributed by atoms with Crippen LogP contribution >= 0.6 is 0 Å². The number of hydrogen-bond acceptors (Lipinski definition) is 3. The Morgan fingerprint density at radius 3 is 2.44 bits per heavy atom. The summed E-state index contributed by atoms with van der Waals surface area (Å²) >= 11 is 0.